The van der Waals surface area contributed by atoms with Crippen molar-refractivity contribution in [1.29, 1.82) is 0 Å². The molecule has 0 aliphatic carbocycles. The third kappa shape index (κ3) is 3.03. The predicted octanol–water partition coefficient (Wildman–Crippen LogP) is 2.59. The summed E-state index contributed by atoms with van der Waals surface area (Å²) in [4.78, 5) is 0. The van der Waals surface area contributed by atoms with Crippen LogP contribution < -0.4 is 10.5 Å². The molecular weight excluding hydrogens is 250 g/mol. The topological polar surface area (TPSA) is 53.1 Å². The second-order valence-corrected chi connectivity index (χ2v) is 4.36. The minimum absolute atomic E-state index is 0.430. The van der Waals surface area contributed by atoms with Crippen molar-refractivity contribution in [2.75, 3.05) is 0 Å². The highest BCUT2D eigenvalue weighted by Crippen LogP contribution is 2.20. The van der Waals surface area contributed by atoms with E-state index >= 15 is 0 Å². The smallest absolute Gasteiger partial charge is 0.157 e. The van der Waals surface area contributed by atoms with Crippen LogP contribution in [0.1, 0.15) is 18.1 Å². The molecule has 0 aliphatic heterocycles. The van der Waals surface area contributed by atoms with E-state index in [2.05, 4.69) is 5.10 Å². The van der Waals surface area contributed by atoms with E-state index < -0.39 is 0 Å². The van der Waals surface area contributed by atoms with Crippen LogP contribution in [0.3, 0.4) is 0 Å². The molecule has 2 N–H and O–H groups in total. The van der Waals surface area contributed by atoms with Gasteiger partial charge in [-0.3, -0.25) is 4.68 Å². The summed E-state index contributed by atoms with van der Waals surface area (Å²) in [5.74, 6) is 0.746. The maximum Gasteiger partial charge on any atom is 0.157 e. The number of nitrogens with two attached hydrogens (primary N) is 1. The average molecular weight is 266 g/mol. The van der Waals surface area contributed by atoms with Gasteiger partial charge in [0, 0.05) is 23.7 Å². The van der Waals surface area contributed by atoms with Crippen LogP contribution in [0, 0.1) is 0 Å². The SMILES string of the molecule is CCn1cc(OCc2ccc(CN)cc2Cl)cn1. The summed E-state index contributed by atoms with van der Waals surface area (Å²) >= 11 is 6.15. The van der Waals surface area contributed by atoms with Crippen LogP contribution >= 0.6 is 11.6 Å². The summed E-state index contributed by atoms with van der Waals surface area (Å²) in [7, 11) is 0. The molecule has 0 atom stereocenters. The number of halogens is 1. The molecule has 0 unspecified atom stereocenters. The molecule has 1 heterocycles. The van der Waals surface area contributed by atoms with Gasteiger partial charge in [-0.2, -0.15) is 5.10 Å². The number of benzene rings is 1. The number of hydrogen-bond acceptors (Lipinski definition) is 3. The first-order valence-electron chi connectivity index (χ1n) is 5.85. The molecule has 0 amide bonds. The molecule has 1 aromatic heterocycles. The first kappa shape index (κ1) is 12.9. The first-order chi connectivity index (χ1) is 8.72. The van der Waals surface area contributed by atoms with Crippen molar-refractivity contribution >= 4 is 11.6 Å². The molecule has 2 aromatic rings. The van der Waals surface area contributed by atoms with Gasteiger partial charge in [0.25, 0.3) is 0 Å². The molecule has 0 fully saturated rings. The van der Waals surface area contributed by atoms with Gasteiger partial charge in [-0.25, -0.2) is 0 Å². The molecule has 18 heavy (non-hydrogen) atoms. The largest absolute Gasteiger partial charge is 0.486 e. The molecule has 4 nitrogen and oxygen atoms in total. The van der Waals surface area contributed by atoms with Gasteiger partial charge >= 0.3 is 0 Å². The molecule has 1 aromatic carbocycles. The summed E-state index contributed by atoms with van der Waals surface area (Å²) in [6.07, 6.45) is 3.56. The molecule has 0 spiro atoms. The molecule has 2 rings (SSSR count). The van der Waals surface area contributed by atoms with Crippen LogP contribution in [0.25, 0.3) is 0 Å². The highest BCUT2D eigenvalue weighted by Gasteiger charge is 2.04. The average Bonchev–Trinajstić information content (AvgIpc) is 2.85. The van der Waals surface area contributed by atoms with Crippen LogP contribution in [-0.4, -0.2) is 9.78 Å². The number of ether oxygens (including phenoxy) is 1. The van der Waals surface area contributed by atoms with Gasteiger partial charge in [-0.15, -0.1) is 0 Å². The van der Waals surface area contributed by atoms with Crippen LogP contribution in [0.4, 0.5) is 0 Å². The van der Waals surface area contributed by atoms with Gasteiger partial charge in [-0.05, 0) is 18.6 Å². The van der Waals surface area contributed by atoms with E-state index in [9.17, 15) is 0 Å². The van der Waals surface area contributed by atoms with Crippen LogP contribution in [0.2, 0.25) is 5.02 Å². The Hall–Kier alpha value is -1.52. The Labute approximate surface area is 111 Å². The lowest BCUT2D eigenvalue weighted by atomic mass is 10.1. The highest BCUT2D eigenvalue weighted by atomic mass is 35.5. The number of nitrogens with zero attached hydrogens (tertiary/aromatic N) is 2. The fraction of sp³-hybridized carbons (Fsp3) is 0.308. The van der Waals surface area contributed by atoms with Crippen molar-refractivity contribution < 1.29 is 4.74 Å². The van der Waals surface area contributed by atoms with Crippen molar-refractivity contribution in [3.05, 3.63) is 46.7 Å². The van der Waals surface area contributed by atoms with E-state index in [4.69, 9.17) is 22.1 Å². The van der Waals surface area contributed by atoms with Gasteiger partial charge in [0.1, 0.15) is 6.61 Å². The van der Waals surface area contributed by atoms with Crippen LogP contribution in [0.5, 0.6) is 5.75 Å². The van der Waals surface area contributed by atoms with Crippen molar-refractivity contribution in [3.8, 4) is 5.75 Å². The molecular formula is C13H16ClN3O. The second-order valence-electron chi connectivity index (χ2n) is 3.95. The fourth-order valence-electron chi connectivity index (χ4n) is 1.59. The molecule has 0 bridgehead atoms. The Balaban J connectivity index is 2.01. The van der Waals surface area contributed by atoms with Crippen LogP contribution in [-0.2, 0) is 19.7 Å². The molecule has 0 saturated carbocycles. The Morgan fingerprint density at radius 3 is 2.89 bits per heavy atom. The van der Waals surface area contributed by atoms with Crippen molar-refractivity contribution in [1.82, 2.24) is 9.78 Å². The minimum Gasteiger partial charge on any atom is -0.486 e. The van der Waals surface area contributed by atoms with Gasteiger partial charge in [0.2, 0.25) is 0 Å². The Morgan fingerprint density at radius 2 is 2.28 bits per heavy atom. The number of rotatable bonds is 5. The molecule has 0 saturated heterocycles. The fourth-order valence-corrected chi connectivity index (χ4v) is 1.85. The standard InChI is InChI=1S/C13H16ClN3O/c1-2-17-8-12(7-16-17)18-9-11-4-3-10(6-15)5-13(11)14/h3-5,7-8H,2,6,9,15H2,1H3. The third-order valence-corrected chi connectivity index (χ3v) is 3.03. The zero-order valence-electron chi connectivity index (χ0n) is 10.3. The van der Waals surface area contributed by atoms with Gasteiger partial charge < -0.3 is 10.5 Å². The lowest BCUT2D eigenvalue weighted by Crippen LogP contribution is -1.99. The highest BCUT2D eigenvalue weighted by molar-refractivity contribution is 6.31. The van der Waals surface area contributed by atoms with Crippen molar-refractivity contribution in [2.24, 2.45) is 5.73 Å². The quantitative estimate of drug-likeness (QED) is 0.904. The predicted molar refractivity (Wildman–Crippen MR) is 71.6 cm³/mol. The number of aromatic nitrogens is 2. The molecule has 5 heteroatoms. The summed E-state index contributed by atoms with van der Waals surface area (Å²) in [6, 6.07) is 5.77. The zero-order chi connectivity index (χ0) is 13.0. The Bertz CT molecular complexity index is 525. The van der Waals surface area contributed by atoms with E-state index in [1.165, 1.54) is 0 Å². The number of hydrogen-bond donors (Lipinski definition) is 1. The maximum atomic E-state index is 6.15. The Kier molecular flexibility index (Phi) is 4.23. The molecule has 96 valence electrons. The summed E-state index contributed by atoms with van der Waals surface area (Å²) in [5.41, 5.74) is 7.51. The number of aryl methyl sites for hydroxylation is 1. The van der Waals surface area contributed by atoms with Crippen LogP contribution in [0.15, 0.2) is 30.6 Å². The summed E-state index contributed by atoms with van der Waals surface area (Å²) in [5, 5.41) is 4.82. The summed E-state index contributed by atoms with van der Waals surface area (Å²) < 4.78 is 7.44. The van der Waals surface area contributed by atoms with E-state index in [1.807, 2.05) is 36.0 Å². The third-order valence-electron chi connectivity index (χ3n) is 2.68. The van der Waals surface area contributed by atoms with Gasteiger partial charge in [0.15, 0.2) is 5.75 Å². The lowest BCUT2D eigenvalue weighted by Gasteiger charge is -2.07. The lowest BCUT2D eigenvalue weighted by molar-refractivity contribution is 0.306. The van der Waals surface area contributed by atoms with Crippen molar-refractivity contribution in [3.63, 3.8) is 0 Å². The van der Waals surface area contributed by atoms with Gasteiger partial charge in [-0.1, -0.05) is 23.7 Å². The monoisotopic (exact) mass is 265 g/mol. The maximum absolute atomic E-state index is 6.15. The second kappa shape index (κ2) is 5.89. The zero-order valence-corrected chi connectivity index (χ0v) is 11.0. The van der Waals surface area contributed by atoms with E-state index in [1.54, 1.807) is 6.20 Å². The molecule has 0 aliphatic rings. The van der Waals surface area contributed by atoms with E-state index in [-0.39, 0.29) is 0 Å². The Morgan fingerprint density at radius 1 is 1.44 bits per heavy atom. The first-order valence-corrected chi connectivity index (χ1v) is 6.23. The van der Waals surface area contributed by atoms with E-state index in [0.717, 1.165) is 23.4 Å². The van der Waals surface area contributed by atoms with Gasteiger partial charge in [0.05, 0.1) is 12.4 Å². The van der Waals surface area contributed by atoms with Crippen molar-refractivity contribution in [2.45, 2.75) is 26.6 Å². The van der Waals surface area contributed by atoms with E-state index in [0.29, 0.717) is 18.2 Å². The molecule has 0 radical (unpaired) electrons. The normalized spacial score (nSPS) is 10.6. The summed E-state index contributed by atoms with van der Waals surface area (Å²) in [6.45, 7) is 3.78. The minimum atomic E-state index is 0.430.